The summed E-state index contributed by atoms with van der Waals surface area (Å²) < 4.78 is 2.05. The minimum Gasteiger partial charge on any atom is -0.311 e. The Labute approximate surface area is 212 Å². The third-order valence-corrected chi connectivity index (χ3v) is 8.67. The van der Waals surface area contributed by atoms with Gasteiger partial charge in [0, 0.05) is 23.5 Å². The van der Waals surface area contributed by atoms with Crippen molar-refractivity contribution in [2.45, 2.75) is 38.3 Å². The topological polar surface area (TPSA) is 63.4 Å². The highest BCUT2D eigenvalue weighted by Crippen LogP contribution is 2.34. The number of rotatable bonds is 5. The molecule has 5 aromatic rings. The molecule has 176 valence electrons. The quantitative estimate of drug-likeness (QED) is 0.294. The van der Waals surface area contributed by atoms with Crippen LogP contribution in [0.5, 0.6) is 0 Å². The van der Waals surface area contributed by atoms with Crippen LogP contribution in [0.15, 0.2) is 59.8 Å². The summed E-state index contributed by atoms with van der Waals surface area (Å²) in [6.07, 6.45) is 2.68. The Hall–Kier alpha value is -3.23. The van der Waals surface area contributed by atoms with Crippen molar-refractivity contribution in [1.82, 2.24) is 19.6 Å². The van der Waals surface area contributed by atoms with Gasteiger partial charge in [0.15, 0.2) is 10.8 Å². The summed E-state index contributed by atoms with van der Waals surface area (Å²) in [6.45, 7) is 4.99. The van der Waals surface area contributed by atoms with Gasteiger partial charge in [0.05, 0.1) is 11.1 Å². The SMILES string of the molecule is Cc1sc2nc(Cc3ccccc3)n3c(SCC(=O)N4CCCc5ccccc54)nnc3c2c1C. The molecule has 3 aromatic heterocycles. The molecule has 0 aliphatic carbocycles. The molecular formula is C27H25N5OS2. The number of thioether (sulfide) groups is 1. The van der Waals surface area contributed by atoms with Crippen molar-refractivity contribution in [1.29, 1.82) is 0 Å². The van der Waals surface area contributed by atoms with Crippen LogP contribution in [0.25, 0.3) is 15.9 Å². The van der Waals surface area contributed by atoms with Crippen molar-refractivity contribution >= 4 is 50.6 Å². The molecule has 0 atom stereocenters. The highest BCUT2D eigenvalue weighted by atomic mass is 32.2. The maximum Gasteiger partial charge on any atom is 0.237 e. The third-order valence-electron chi connectivity index (χ3n) is 6.65. The molecule has 0 fully saturated rings. The van der Waals surface area contributed by atoms with Crippen molar-refractivity contribution in [2.24, 2.45) is 0 Å². The molecule has 4 heterocycles. The fraction of sp³-hybridized carbons (Fsp3) is 0.259. The highest BCUT2D eigenvalue weighted by Gasteiger charge is 2.24. The number of aryl methyl sites for hydroxylation is 3. The van der Waals surface area contributed by atoms with Crippen molar-refractivity contribution in [2.75, 3.05) is 17.2 Å². The Balaban J connectivity index is 1.36. The zero-order valence-corrected chi connectivity index (χ0v) is 21.3. The predicted molar refractivity (Wildman–Crippen MR) is 143 cm³/mol. The average molecular weight is 500 g/mol. The zero-order valence-electron chi connectivity index (χ0n) is 19.7. The van der Waals surface area contributed by atoms with Gasteiger partial charge in [0.25, 0.3) is 0 Å². The molecule has 0 unspecified atom stereocenters. The van der Waals surface area contributed by atoms with Gasteiger partial charge in [-0.1, -0.05) is 60.3 Å². The minimum absolute atomic E-state index is 0.0973. The van der Waals surface area contributed by atoms with Crippen LogP contribution >= 0.6 is 23.1 Å². The Morgan fingerprint density at radius 1 is 1.06 bits per heavy atom. The number of fused-ring (bicyclic) bond motifs is 4. The second kappa shape index (κ2) is 9.09. The first kappa shape index (κ1) is 22.2. The van der Waals surface area contributed by atoms with Gasteiger partial charge in [-0.3, -0.25) is 9.20 Å². The first-order valence-electron chi connectivity index (χ1n) is 11.8. The van der Waals surface area contributed by atoms with Crippen LogP contribution in [-0.2, 0) is 17.6 Å². The Kier molecular flexibility index (Phi) is 5.78. The zero-order chi connectivity index (χ0) is 23.9. The van der Waals surface area contributed by atoms with E-state index in [1.807, 2.05) is 41.3 Å². The Bertz CT molecular complexity index is 1560. The van der Waals surface area contributed by atoms with Crippen LogP contribution in [0.1, 0.15) is 33.8 Å². The van der Waals surface area contributed by atoms with Crippen molar-refractivity contribution < 1.29 is 4.79 Å². The number of hydrogen-bond acceptors (Lipinski definition) is 6. The molecule has 2 aromatic carbocycles. The number of aromatic nitrogens is 4. The van der Waals surface area contributed by atoms with Gasteiger partial charge in [-0.05, 0) is 49.4 Å². The van der Waals surface area contributed by atoms with Gasteiger partial charge < -0.3 is 4.90 Å². The number of carbonyl (C=O) groups is 1. The number of amides is 1. The van der Waals surface area contributed by atoms with Crippen LogP contribution in [-0.4, -0.2) is 37.8 Å². The van der Waals surface area contributed by atoms with E-state index in [2.05, 4.69) is 46.6 Å². The molecule has 0 N–H and O–H groups in total. The van der Waals surface area contributed by atoms with E-state index < -0.39 is 0 Å². The molecule has 1 aliphatic heterocycles. The lowest BCUT2D eigenvalue weighted by Gasteiger charge is -2.29. The van der Waals surface area contributed by atoms with Gasteiger partial charge in [-0.2, -0.15) is 0 Å². The molecule has 6 rings (SSSR count). The van der Waals surface area contributed by atoms with Crippen molar-refractivity contribution in [3.63, 3.8) is 0 Å². The first-order valence-corrected chi connectivity index (χ1v) is 13.6. The molecular weight excluding hydrogens is 474 g/mol. The second-order valence-corrected chi connectivity index (χ2v) is 11.0. The van der Waals surface area contributed by atoms with Crippen LogP contribution in [0.4, 0.5) is 5.69 Å². The van der Waals surface area contributed by atoms with E-state index in [9.17, 15) is 4.79 Å². The fourth-order valence-corrected chi connectivity index (χ4v) is 6.64. The van der Waals surface area contributed by atoms with E-state index in [0.717, 1.165) is 46.8 Å². The Morgan fingerprint density at radius 2 is 1.86 bits per heavy atom. The summed E-state index contributed by atoms with van der Waals surface area (Å²) >= 11 is 3.14. The lowest BCUT2D eigenvalue weighted by molar-refractivity contribution is -0.116. The molecule has 1 amide bonds. The summed E-state index contributed by atoms with van der Waals surface area (Å²) in [5.41, 5.74) is 5.47. The number of carbonyl (C=O) groups excluding carboxylic acids is 1. The first-order chi connectivity index (χ1) is 17.1. The summed E-state index contributed by atoms with van der Waals surface area (Å²) in [5, 5.41) is 10.9. The van der Waals surface area contributed by atoms with Gasteiger partial charge in [0.2, 0.25) is 5.91 Å². The summed E-state index contributed by atoms with van der Waals surface area (Å²) in [5.74, 6) is 1.29. The number of benzene rings is 2. The fourth-order valence-electron chi connectivity index (χ4n) is 4.77. The van der Waals surface area contributed by atoms with Crippen molar-refractivity contribution in [3.05, 3.63) is 82.0 Å². The van der Waals surface area contributed by atoms with Crippen LogP contribution in [0.2, 0.25) is 0 Å². The van der Waals surface area contributed by atoms with E-state index >= 15 is 0 Å². The smallest absolute Gasteiger partial charge is 0.237 e. The summed E-state index contributed by atoms with van der Waals surface area (Å²) in [6, 6.07) is 18.5. The maximum atomic E-state index is 13.3. The lowest BCUT2D eigenvalue weighted by atomic mass is 10.0. The molecule has 6 nitrogen and oxygen atoms in total. The van der Waals surface area contributed by atoms with E-state index in [-0.39, 0.29) is 5.91 Å². The molecule has 0 spiro atoms. The predicted octanol–water partition coefficient (Wildman–Crippen LogP) is 5.62. The molecule has 8 heteroatoms. The highest BCUT2D eigenvalue weighted by molar-refractivity contribution is 7.99. The van der Waals surface area contributed by atoms with E-state index in [1.54, 1.807) is 11.3 Å². The van der Waals surface area contributed by atoms with Crippen LogP contribution in [0.3, 0.4) is 0 Å². The Morgan fingerprint density at radius 3 is 2.71 bits per heavy atom. The molecule has 0 saturated carbocycles. The van der Waals surface area contributed by atoms with Gasteiger partial charge in [-0.25, -0.2) is 4.98 Å². The van der Waals surface area contributed by atoms with E-state index in [1.165, 1.54) is 33.3 Å². The molecule has 0 saturated heterocycles. The molecule has 35 heavy (non-hydrogen) atoms. The lowest BCUT2D eigenvalue weighted by Crippen LogP contribution is -2.36. The minimum atomic E-state index is 0.0973. The third kappa shape index (κ3) is 4.00. The average Bonchev–Trinajstić information content (AvgIpc) is 3.43. The largest absolute Gasteiger partial charge is 0.311 e. The van der Waals surface area contributed by atoms with Gasteiger partial charge in [0.1, 0.15) is 10.7 Å². The van der Waals surface area contributed by atoms with E-state index in [0.29, 0.717) is 17.3 Å². The standard InChI is InChI=1S/C27H25N5OS2/c1-17-18(2)35-26-24(17)25-29-30-27(32(25)22(28-26)15-19-9-4-3-5-10-19)34-16-23(33)31-14-8-12-20-11-6-7-13-21(20)31/h3-7,9-11,13H,8,12,14-16H2,1-2H3. The molecule has 0 bridgehead atoms. The normalized spacial score (nSPS) is 13.5. The molecule has 0 radical (unpaired) electrons. The van der Waals surface area contributed by atoms with Gasteiger partial charge >= 0.3 is 0 Å². The number of anilines is 1. The van der Waals surface area contributed by atoms with Crippen LogP contribution in [0, 0.1) is 13.8 Å². The molecule has 1 aliphatic rings. The van der Waals surface area contributed by atoms with Gasteiger partial charge in [-0.15, -0.1) is 21.5 Å². The van der Waals surface area contributed by atoms with Crippen molar-refractivity contribution in [3.8, 4) is 0 Å². The maximum absolute atomic E-state index is 13.3. The summed E-state index contributed by atoms with van der Waals surface area (Å²) in [7, 11) is 0. The number of para-hydroxylation sites is 1. The van der Waals surface area contributed by atoms with E-state index in [4.69, 9.17) is 4.98 Å². The summed E-state index contributed by atoms with van der Waals surface area (Å²) in [4.78, 5) is 22.5. The number of nitrogens with zero attached hydrogens (tertiary/aromatic N) is 5. The van der Waals surface area contributed by atoms with Crippen LogP contribution < -0.4 is 4.90 Å². The number of hydrogen-bond donors (Lipinski definition) is 0. The number of thiophene rings is 1. The monoisotopic (exact) mass is 499 g/mol. The second-order valence-electron chi connectivity index (χ2n) is 8.86.